The summed E-state index contributed by atoms with van der Waals surface area (Å²) in [5.41, 5.74) is 0.404. The molecule has 0 aliphatic heterocycles. The van der Waals surface area contributed by atoms with Gasteiger partial charge in [0.1, 0.15) is 5.69 Å². The van der Waals surface area contributed by atoms with E-state index in [-0.39, 0.29) is 18.2 Å². The predicted octanol–water partition coefficient (Wildman–Crippen LogP) is 4.93. The number of amides is 1. The molecule has 4 saturated carbocycles. The van der Waals surface area contributed by atoms with Crippen molar-refractivity contribution in [2.75, 3.05) is 0 Å². The molecule has 1 N–H and O–H groups in total. The van der Waals surface area contributed by atoms with Crippen molar-refractivity contribution < 1.29 is 9.53 Å². The van der Waals surface area contributed by atoms with Crippen LogP contribution in [0.15, 0.2) is 30.5 Å². The van der Waals surface area contributed by atoms with Gasteiger partial charge in [-0.1, -0.05) is 29.3 Å². The van der Waals surface area contributed by atoms with Gasteiger partial charge < -0.3 is 10.1 Å². The third kappa shape index (κ3) is 3.39. The molecule has 1 amide bonds. The van der Waals surface area contributed by atoms with Gasteiger partial charge in [0.15, 0.2) is 12.5 Å². The van der Waals surface area contributed by atoms with Crippen molar-refractivity contribution in [2.45, 2.75) is 50.8 Å². The highest BCUT2D eigenvalue weighted by atomic mass is 35.5. The molecule has 0 unspecified atom stereocenters. The third-order valence-corrected chi connectivity index (χ3v) is 7.15. The summed E-state index contributed by atoms with van der Waals surface area (Å²) in [4.78, 5) is 12.9. The molecule has 0 atom stereocenters. The van der Waals surface area contributed by atoms with Crippen LogP contribution in [0.1, 0.15) is 49.0 Å². The molecule has 2 aromatic rings. The van der Waals surface area contributed by atoms with Crippen molar-refractivity contribution in [1.82, 2.24) is 15.1 Å². The summed E-state index contributed by atoms with van der Waals surface area (Å²) in [5.74, 6) is 2.70. The van der Waals surface area contributed by atoms with E-state index in [1.165, 1.54) is 19.3 Å². The predicted molar refractivity (Wildman–Crippen MR) is 108 cm³/mol. The minimum Gasteiger partial charge on any atom is -0.468 e. The first-order valence-corrected chi connectivity index (χ1v) is 10.7. The van der Waals surface area contributed by atoms with Crippen LogP contribution in [0.2, 0.25) is 10.0 Å². The normalized spacial score (nSPS) is 30.4. The molecular formula is C21H23Cl2N3O2. The van der Waals surface area contributed by atoms with Crippen molar-refractivity contribution in [1.29, 1.82) is 0 Å². The largest absolute Gasteiger partial charge is 0.468 e. The minimum atomic E-state index is -0.0866. The average Bonchev–Trinajstić information content (AvgIpc) is 3.09. The topological polar surface area (TPSA) is 56.2 Å². The zero-order chi connectivity index (χ0) is 19.3. The molecule has 6 rings (SSSR count). The van der Waals surface area contributed by atoms with Gasteiger partial charge in [-0.05, 0) is 74.5 Å². The molecule has 4 bridgehead atoms. The van der Waals surface area contributed by atoms with Crippen molar-refractivity contribution in [3.05, 3.63) is 46.2 Å². The average molecular weight is 420 g/mol. The lowest BCUT2D eigenvalue weighted by Crippen LogP contribution is -2.59. The number of hydrogen-bond acceptors (Lipinski definition) is 3. The zero-order valence-corrected chi connectivity index (χ0v) is 17.0. The van der Waals surface area contributed by atoms with Gasteiger partial charge in [-0.15, -0.1) is 0 Å². The number of ether oxygens (including phenoxy) is 1. The second kappa shape index (κ2) is 6.96. The van der Waals surface area contributed by atoms with Gasteiger partial charge in [-0.3, -0.25) is 4.79 Å². The van der Waals surface area contributed by atoms with E-state index in [1.54, 1.807) is 35.1 Å². The quantitative estimate of drug-likeness (QED) is 0.747. The summed E-state index contributed by atoms with van der Waals surface area (Å²) in [6.45, 7) is 0.133. The smallest absolute Gasteiger partial charge is 0.272 e. The molecule has 7 heteroatoms. The lowest BCUT2D eigenvalue weighted by molar-refractivity contribution is -0.0168. The molecule has 1 aromatic heterocycles. The number of rotatable bonds is 5. The number of hydrogen-bond donors (Lipinski definition) is 1. The summed E-state index contributed by atoms with van der Waals surface area (Å²) < 4.78 is 7.26. The monoisotopic (exact) mass is 419 g/mol. The van der Waals surface area contributed by atoms with Crippen LogP contribution in [0.4, 0.5) is 0 Å². The highest BCUT2D eigenvalue weighted by molar-refractivity contribution is 6.37. The van der Waals surface area contributed by atoms with Gasteiger partial charge in [0.05, 0.1) is 10.0 Å². The molecule has 0 radical (unpaired) electrons. The first-order chi connectivity index (χ1) is 13.5. The van der Waals surface area contributed by atoms with Crippen LogP contribution in [0, 0.1) is 17.8 Å². The fraction of sp³-hybridized carbons (Fsp3) is 0.524. The van der Waals surface area contributed by atoms with Crippen molar-refractivity contribution in [3.63, 3.8) is 0 Å². The van der Waals surface area contributed by atoms with E-state index >= 15 is 0 Å². The number of halogens is 2. The van der Waals surface area contributed by atoms with Crippen molar-refractivity contribution in [3.8, 4) is 5.75 Å². The third-order valence-electron chi connectivity index (χ3n) is 6.55. The molecule has 0 saturated heterocycles. The van der Waals surface area contributed by atoms with Gasteiger partial charge in [0.25, 0.3) is 5.91 Å². The summed E-state index contributed by atoms with van der Waals surface area (Å²) in [6, 6.07) is 6.93. The highest BCUT2D eigenvalue weighted by Gasteiger charge is 2.51. The Kier molecular flexibility index (Phi) is 4.55. The van der Waals surface area contributed by atoms with Crippen LogP contribution in [0.25, 0.3) is 0 Å². The highest BCUT2D eigenvalue weighted by Crippen LogP contribution is 2.55. The molecule has 4 aliphatic carbocycles. The SMILES string of the molecule is O=C(NC12CC3CC(CC(C3)C1)C2)c1ccn(COc2c(Cl)cccc2Cl)n1. The van der Waals surface area contributed by atoms with E-state index in [0.717, 1.165) is 37.0 Å². The van der Waals surface area contributed by atoms with E-state index in [4.69, 9.17) is 27.9 Å². The maximum absolute atomic E-state index is 12.9. The van der Waals surface area contributed by atoms with Crippen LogP contribution in [-0.4, -0.2) is 21.2 Å². The fourth-order valence-electron chi connectivity index (χ4n) is 5.87. The van der Waals surface area contributed by atoms with Crippen molar-refractivity contribution >= 4 is 29.1 Å². The minimum absolute atomic E-state index is 0.0167. The van der Waals surface area contributed by atoms with Gasteiger partial charge in [-0.2, -0.15) is 5.10 Å². The van der Waals surface area contributed by atoms with Crippen LogP contribution in [0.3, 0.4) is 0 Å². The summed E-state index contributed by atoms with van der Waals surface area (Å²) in [5, 5.41) is 8.61. The fourth-order valence-corrected chi connectivity index (χ4v) is 6.38. The molecule has 148 valence electrons. The van der Waals surface area contributed by atoms with Gasteiger partial charge >= 0.3 is 0 Å². The van der Waals surface area contributed by atoms with Crippen LogP contribution in [0.5, 0.6) is 5.75 Å². The number of nitrogens with zero attached hydrogens (tertiary/aromatic N) is 2. The number of nitrogens with one attached hydrogen (secondary N) is 1. The second-order valence-corrected chi connectivity index (χ2v) is 9.53. The number of para-hydroxylation sites is 1. The maximum Gasteiger partial charge on any atom is 0.272 e. The Bertz CT molecular complexity index is 855. The lowest BCUT2D eigenvalue weighted by Gasteiger charge is -2.56. The molecule has 1 aromatic carbocycles. The van der Waals surface area contributed by atoms with Crippen LogP contribution < -0.4 is 10.1 Å². The first kappa shape index (κ1) is 18.3. The summed E-state index contributed by atoms with van der Waals surface area (Å²) in [6.07, 6.45) is 9.17. The number of carbonyl (C=O) groups excluding carboxylic acids is 1. The number of carbonyl (C=O) groups is 1. The molecule has 5 nitrogen and oxygen atoms in total. The Hall–Kier alpha value is -1.72. The number of aromatic nitrogens is 2. The maximum atomic E-state index is 12.9. The van der Waals surface area contributed by atoms with E-state index in [0.29, 0.717) is 21.5 Å². The Balaban J connectivity index is 1.24. The Labute approximate surface area is 174 Å². The standard InChI is InChI=1S/C21H23Cl2N3O2/c22-16-2-1-3-17(23)19(16)28-12-26-5-4-18(25-26)20(27)24-21-9-13-6-14(10-21)8-15(7-13)11-21/h1-5,13-15H,6-12H2,(H,24,27). The molecule has 1 heterocycles. The van der Waals surface area contributed by atoms with Crippen LogP contribution >= 0.6 is 23.2 Å². The lowest BCUT2D eigenvalue weighted by atomic mass is 9.53. The Morgan fingerprint density at radius 2 is 1.71 bits per heavy atom. The van der Waals surface area contributed by atoms with Gasteiger partial charge in [0.2, 0.25) is 0 Å². The van der Waals surface area contributed by atoms with Crippen molar-refractivity contribution in [2.24, 2.45) is 17.8 Å². The van der Waals surface area contributed by atoms with E-state index in [1.807, 2.05) is 0 Å². The van der Waals surface area contributed by atoms with E-state index < -0.39 is 0 Å². The molecule has 28 heavy (non-hydrogen) atoms. The molecule has 0 spiro atoms. The second-order valence-electron chi connectivity index (χ2n) is 8.72. The van der Waals surface area contributed by atoms with Gasteiger partial charge in [0, 0.05) is 11.7 Å². The van der Waals surface area contributed by atoms with E-state index in [2.05, 4.69) is 10.4 Å². The Morgan fingerprint density at radius 3 is 2.32 bits per heavy atom. The van der Waals surface area contributed by atoms with Crippen LogP contribution in [-0.2, 0) is 6.73 Å². The van der Waals surface area contributed by atoms with E-state index in [9.17, 15) is 4.79 Å². The Morgan fingerprint density at radius 1 is 1.11 bits per heavy atom. The molecule has 4 aliphatic rings. The first-order valence-electron chi connectivity index (χ1n) is 9.92. The summed E-state index contributed by atoms with van der Waals surface area (Å²) >= 11 is 12.2. The molecule has 4 fully saturated rings. The van der Waals surface area contributed by atoms with Gasteiger partial charge in [-0.25, -0.2) is 4.68 Å². The zero-order valence-electron chi connectivity index (χ0n) is 15.5. The molecular weight excluding hydrogens is 397 g/mol. The summed E-state index contributed by atoms with van der Waals surface area (Å²) in [7, 11) is 0. The number of benzene rings is 1.